The lowest BCUT2D eigenvalue weighted by molar-refractivity contribution is -0.147. The van der Waals surface area contributed by atoms with Crippen LogP contribution in [0.5, 0.6) is 11.5 Å². The fourth-order valence-electron chi connectivity index (χ4n) is 4.47. The van der Waals surface area contributed by atoms with Crippen LogP contribution in [-0.4, -0.2) is 56.7 Å². The molecule has 2 aromatic rings. The number of aliphatic hydroxyl groups excluding tert-OH is 1. The summed E-state index contributed by atoms with van der Waals surface area (Å²) in [4.78, 5) is 14.4. The lowest BCUT2D eigenvalue weighted by Gasteiger charge is -2.47. The van der Waals surface area contributed by atoms with E-state index in [1.54, 1.807) is 49.1 Å². The van der Waals surface area contributed by atoms with E-state index in [1.165, 1.54) is 30.6 Å². The van der Waals surface area contributed by atoms with Gasteiger partial charge in [-0.1, -0.05) is 6.07 Å². The highest BCUT2D eigenvalue weighted by molar-refractivity contribution is 7.92. The number of benzene rings is 2. The molecule has 178 valence electrons. The molecular weight excluding hydrogens is 444 g/mol. The first kappa shape index (κ1) is 23.4. The summed E-state index contributed by atoms with van der Waals surface area (Å²) < 4.78 is 39.4. The fraction of sp³-hybridized carbons (Fsp3) is 0.458. The van der Waals surface area contributed by atoms with Crippen LogP contribution in [0.1, 0.15) is 44.7 Å². The molecule has 2 aliphatic rings. The maximum Gasteiger partial charge on any atom is 0.264 e. The monoisotopic (exact) mass is 474 g/mol. The zero-order valence-electron chi connectivity index (χ0n) is 19.3. The summed E-state index contributed by atoms with van der Waals surface area (Å²) in [5.41, 5.74) is 0.0112. The van der Waals surface area contributed by atoms with Crippen LogP contribution in [0, 0.1) is 0 Å². The number of ether oxygens (including phenoxy) is 2. The number of nitrogens with zero attached hydrogens (tertiary/aromatic N) is 2. The molecule has 0 aromatic heterocycles. The Kier molecular flexibility index (Phi) is 6.05. The van der Waals surface area contributed by atoms with Gasteiger partial charge in [-0.2, -0.15) is 0 Å². The SMILES string of the molecule is COc1cccc(N(C)S(=O)(=O)c2ccc3c(c2)[C@H](N2CCCCC2=O)[C@@H](O)C(C)(C)O3)c1. The summed E-state index contributed by atoms with van der Waals surface area (Å²) in [5.74, 6) is 0.967. The quantitative estimate of drug-likeness (QED) is 0.715. The number of likely N-dealkylation sites (tertiary alicyclic amines) is 1. The number of hydrogen-bond acceptors (Lipinski definition) is 6. The first-order chi connectivity index (χ1) is 15.6. The molecule has 9 heteroatoms. The Morgan fingerprint density at radius 1 is 1.18 bits per heavy atom. The predicted octanol–water partition coefficient (Wildman–Crippen LogP) is 3.11. The van der Waals surface area contributed by atoms with Crippen LogP contribution in [-0.2, 0) is 14.8 Å². The zero-order chi connectivity index (χ0) is 24.0. The van der Waals surface area contributed by atoms with Gasteiger partial charge in [-0.3, -0.25) is 9.10 Å². The summed E-state index contributed by atoms with van der Waals surface area (Å²) >= 11 is 0. The smallest absolute Gasteiger partial charge is 0.264 e. The number of rotatable bonds is 5. The number of sulfonamides is 1. The second kappa shape index (κ2) is 8.53. The Balaban J connectivity index is 1.78. The predicted molar refractivity (Wildman–Crippen MR) is 124 cm³/mol. The van der Waals surface area contributed by atoms with E-state index in [1.807, 2.05) is 0 Å². The van der Waals surface area contributed by atoms with E-state index < -0.39 is 27.8 Å². The van der Waals surface area contributed by atoms with Crippen molar-refractivity contribution in [3.05, 3.63) is 48.0 Å². The maximum atomic E-state index is 13.5. The number of carbonyl (C=O) groups excluding carboxylic acids is 1. The molecule has 0 radical (unpaired) electrons. The molecule has 0 unspecified atom stereocenters. The lowest BCUT2D eigenvalue weighted by atomic mass is 9.84. The highest BCUT2D eigenvalue weighted by atomic mass is 32.2. The highest BCUT2D eigenvalue weighted by Crippen LogP contribution is 2.45. The average molecular weight is 475 g/mol. The minimum atomic E-state index is -3.93. The second-order valence-corrected chi connectivity index (χ2v) is 11.0. The van der Waals surface area contributed by atoms with Crippen LogP contribution < -0.4 is 13.8 Å². The van der Waals surface area contributed by atoms with Crippen LogP contribution in [0.2, 0.25) is 0 Å². The number of hydrogen-bond donors (Lipinski definition) is 1. The topological polar surface area (TPSA) is 96.4 Å². The van der Waals surface area contributed by atoms with E-state index >= 15 is 0 Å². The number of methoxy groups -OCH3 is 1. The van der Waals surface area contributed by atoms with Crippen molar-refractivity contribution in [3.8, 4) is 11.5 Å². The molecule has 0 saturated carbocycles. The molecule has 1 fully saturated rings. The number of piperidine rings is 1. The van der Waals surface area contributed by atoms with E-state index in [0.29, 0.717) is 35.7 Å². The Labute approximate surface area is 194 Å². The molecule has 0 spiro atoms. The fourth-order valence-corrected chi connectivity index (χ4v) is 5.69. The van der Waals surface area contributed by atoms with Crippen LogP contribution >= 0.6 is 0 Å². The number of carbonyl (C=O) groups is 1. The number of fused-ring (bicyclic) bond motifs is 1. The van der Waals surface area contributed by atoms with E-state index in [4.69, 9.17) is 9.47 Å². The Bertz CT molecular complexity index is 1160. The average Bonchev–Trinajstić information content (AvgIpc) is 2.79. The normalized spacial score (nSPS) is 22.3. The maximum absolute atomic E-state index is 13.5. The largest absolute Gasteiger partial charge is 0.497 e. The summed E-state index contributed by atoms with van der Waals surface area (Å²) in [5, 5.41) is 11.2. The molecule has 2 atom stereocenters. The molecule has 2 aliphatic heterocycles. The molecule has 4 rings (SSSR count). The van der Waals surface area contributed by atoms with E-state index in [0.717, 1.165) is 12.8 Å². The van der Waals surface area contributed by atoms with Gasteiger partial charge in [-0.25, -0.2) is 8.42 Å². The van der Waals surface area contributed by atoms with Crippen molar-refractivity contribution in [1.82, 2.24) is 4.90 Å². The minimum absolute atomic E-state index is 0.0456. The molecule has 8 nitrogen and oxygen atoms in total. The summed E-state index contributed by atoms with van der Waals surface area (Å²) in [6.07, 6.45) is 1.05. The van der Waals surface area contributed by atoms with E-state index in [-0.39, 0.29) is 10.8 Å². The Hall–Kier alpha value is -2.78. The van der Waals surface area contributed by atoms with Gasteiger partial charge in [-0.15, -0.1) is 0 Å². The third kappa shape index (κ3) is 4.15. The van der Waals surface area contributed by atoms with Gasteiger partial charge in [0.05, 0.1) is 23.7 Å². The van der Waals surface area contributed by atoms with Gasteiger partial charge in [0.15, 0.2) is 0 Å². The number of aliphatic hydroxyl groups is 1. The molecule has 0 bridgehead atoms. The Morgan fingerprint density at radius 2 is 1.94 bits per heavy atom. The molecule has 1 N–H and O–H groups in total. The third-order valence-electron chi connectivity index (χ3n) is 6.46. The number of amides is 1. The van der Waals surface area contributed by atoms with Crippen molar-refractivity contribution in [1.29, 1.82) is 0 Å². The molecule has 2 aromatic carbocycles. The van der Waals surface area contributed by atoms with Crippen molar-refractivity contribution in [2.24, 2.45) is 0 Å². The van der Waals surface area contributed by atoms with Crippen LogP contribution in [0.25, 0.3) is 0 Å². The Morgan fingerprint density at radius 3 is 2.64 bits per heavy atom. The zero-order valence-corrected chi connectivity index (χ0v) is 20.1. The van der Waals surface area contributed by atoms with Crippen molar-refractivity contribution in [3.63, 3.8) is 0 Å². The first-order valence-electron chi connectivity index (χ1n) is 11.0. The molecule has 33 heavy (non-hydrogen) atoms. The van der Waals surface area contributed by atoms with Gasteiger partial charge in [0.1, 0.15) is 23.2 Å². The lowest BCUT2D eigenvalue weighted by Crippen LogP contribution is -2.55. The third-order valence-corrected chi connectivity index (χ3v) is 8.24. The molecule has 1 saturated heterocycles. The van der Waals surface area contributed by atoms with Crippen molar-refractivity contribution in [2.45, 2.75) is 55.8 Å². The molecule has 0 aliphatic carbocycles. The van der Waals surface area contributed by atoms with Crippen molar-refractivity contribution >= 4 is 21.6 Å². The van der Waals surface area contributed by atoms with Crippen molar-refractivity contribution in [2.75, 3.05) is 25.0 Å². The van der Waals surface area contributed by atoms with E-state index in [2.05, 4.69) is 0 Å². The van der Waals surface area contributed by atoms with Gasteiger partial charge in [0, 0.05) is 31.6 Å². The van der Waals surface area contributed by atoms with E-state index in [9.17, 15) is 18.3 Å². The molecule has 2 heterocycles. The van der Waals surface area contributed by atoms with Gasteiger partial charge >= 0.3 is 0 Å². The van der Waals surface area contributed by atoms with Gasteiger partial charge in [0.2, 0.25) is 5.91 Å². The molecule has 1 amide bonds. The van der Waals surface area contributed by atoms with Gasteiger partial charge < -0.3 is 19.5 Å². The van der Waals surface area contributed by atoms with Crippen molar-refractivity contribution < 1.29 is 27.8 Å². The van der Waals surface area contributed by atoms with Crippen LogP contribution in [0.4, 0.5) is 5.69 Å². The van der Waals surface area contributed by atoms with Gasteiger partial charge in [0.25, 0.3) is 10.0 Å². The van der Waals surface area contributed by atoms with Crippen LogP contribution in [0.15, 0.2) is 47.4 Å². The van der Waals surface area contributed by atoms with Gasteiger partial charge in [-0.05, 0) is 57.0 Å². The summed E-state index contributed by atoms with van der Waals surface area (Å²) in [6.45, 7) is 4.04. The second-order valence-electron chi connectivity index (χ2n) is 9.01. The van der Waals surface area contributed by atoms with Crippen LogP contribution in [0.3, 0.4) is 0 Å². The number of anilines is 1. The minimum Gasteiger partial charge on any atom is -0.497 e. The summed E-state index contributed by atoms with van der Waals surface area (Å²) in [7, 11) is -0.932. The summed E-state index contributed by atoms with van der Waals surface area (Å²) in [6, 6.07) is 10.7. The highest BCUT2D eigenvalue weighted by Gasteiger charge is 2.47. The standard InChI is InChI=1S/C24H30N2O6S/c1-24(2)23(28)22(26-13-6-5-10-21(26)27)19-15-18(11-12-20(19)32-24)33(29,30)25(3)16-8-7-9-17(14-16)31-4/h7-9,11-12,14-15,22-23,28H,5-6,10,13H2,1-4H3/t22-,23+/m0/s1. The first-order valence-corrected chi connectivity index (χ1v) is 12.4. The molecular formula is C24H30N2O6S.